The first kappa shape index (κ1) is 21.4. The normalized spacial score (nSPS) is 16.6. The van der Waals surface area contributed by atoms with Crippen molar-refractivity contribution in [2.45, 2.75) is 45.5 Å². The summed E-state index contributed by atoms with van der Waals surface area (Å²) < 4.78 is 40.8. The van der Waals surface area contributed by atoms with Gasteiger partial charge in [-0.15, -0.1) is 11.3 Å². The number of amides is 1. The molecule has 0 saturated heterocycles. The summed E-state index contributed by atoms with van der Waals surface area (Å²) in [5.41, 5.74) is 2.03. The molecule has 0 radical (unpaired) electrons. The lowest BCUT2D eigenvalue weighted by atomic mass is 10.1. The molecule has 0 spiro atoms. The van der Waals surface area contributed by atoms with Gasteiger partial charge in [0.15, 0.2) is 0 Å². The van der Waals surface area contributed by atoms with Gasteiger partial charge in [-0.2, -0.15) is 13.2 Å². The molecule has 1 aliphatic rings. The molecule has 0 unspecified atom stereocenters. The molecule has 0 saturated carbocycles. The van der Waals surface area contributed by atoms with Crippen molar-refractivity contribution in [3.63, 3.8) is 0 Å². The number of carbonyl (C=O) groups excluding carboxylic acids is 1. The average molecular weight is 450 g/mol. The van der Waals surface area contributed by atoms with Crippen LogP contribution in [0.2, 0.25) is 0 Å². The van der Waals surface area contributed by atoms with Crippen molar-refractivity contribution in [3.8, 4) is 5.69 Å². The number of nitrogens with zero attached hydrogens (tertiary/aromatic N) is 4. The number of pyridine rings is 1. The number of aryl methyl sites for hydroxylation is 1. The Kier molecular flexibility index (Phi) is 5.50. The number of halogens is 3. The molecule has 6 nitrogen and oxygen atoms in total. The van der Waals surface area contributed by atoms with E-state index in [2.05, 4.69) is 4.98 Å². The first-order valence-electron chi connectivity index (χ1n) is 9.81. The van der Waals surface area contributed by atoms with Gasteiger partial charge < -0.3 is 14.0 Å². The number of carbonyl (C=O) groups is 1. The largest absolute Gasteiger partial charge is 0.393 e. The molecule has 1 amide bonds. The van der Waals surface area contributed by atoms with Crippen LogP contribution < -0.4 is 5.56 Å². The van der Waals surface area contributed by atoms with Crippen LogP contribution in [0.5, 0.6) is 0 Å². The number of alkyl halides is 3. The van der Waals surface area contributed by atoms with E-state index in [4.69, 9.17) is 0 Å². The molecule has 3 aromatic heterocycles. The van der Waals surface area contributed by atoms with E-state index in [1.54, 1.807) is 45.6 Å². The Morgan fingerprint density at radius 3 is 2.71 bits per heavy atom. The monoisotopic (exact) mass is 450 g/mol. The second-order valence-corrected chi connectivity index (χ2v) is 8.75. The minimum Gasteiger partial charge on any atom is -0.333 e. The minimum atomic E-state index is -4.23. The van der Waals surface area contributed by atoms with Crippen molar-refractivity contribution in [1.29, 1.82) is 0 Å². The molecule has 4 rings (SSSR count). The molecule has 1 aliphatic heterocycles. The fourth-order valence-corrected chi connectivity index (χ4v) is 4.77. The van der Waals surface area contributed by atoms with Gasteiger partial charge in [0.25, 0.3) is 11.5 Å². The Labute approximate surface area is 180 Å². The van der Waals surface area contributed by atoms with Gasteiger partial charge in [-0.3, -0.25) is 9.59 Å². The number of hydrogen-bond donors (Lipinski definition) is 0. The highest BCUT2D eigenvalue weighted by atomic mass is 32.1. The summed E-state index contributed by atoms with van der Waals surface area (Å²) >= 11 is 1.08. The summed E-state index contributed by atoms with van der Waals surface area (Å²) in [5, 5.41) is 1.71. The molecule has 0 fully saturated rings. The lowest BCUT2D eigenvalue weighted by Crippen LogP contribution is -2.50. The summed E-state index contributed by atoms with van der Waals surface area (Å²) in [4.78, 5) is 32.1. The number of fused-ring (bicyclic) bond motifs is 1. The number of aromatic nitrogens is 3. The first-order valence-corrected chi connectivity index (χ1v) is 10.7. The molecule has 3 aromatic rings. The Bertz CT molecular complexity index is 1180. The maximum atomic E-state index is 13.0. The Hall–Kier alpha value is -2.88. The quantitative estimate of drug-likeness (QED) is 0.597. The predicted molar refractivity (Wildman–Crippen MR) is 111 cm³/mol. The van der Waals surface area contributed by atoms with Crippen LogP contribution >= 0.6 is 11.3 Å². The van der Waals surface area contributed by atoms with Gasteiger partial charge in [-0.1, -0.05) is 0 Å². The van der Waals surface area contributed by atoms with Crippen molar-refractivity contribution >= 4 is 17.2 Å². The van der Waals surface area contributed by atoms with Crippen LogP contribution in [-0.2, 0) is 19.4 Å². The van der Waals surface area contributed by atoms with Gasteiger partial charge in [-0.05, 0) is 49.4 Å². The highest BCUT2D eigenvalue weighted by Gasteiger charge is 2.31. The van der Waals surface area contributed by atoms with Gasteiger partial charge in [0, 0.05) is 30.2 Å². The molecule has 10 heteroatoms. The maximum absolute atomic E-state index is 13.0. The second kappa shape index (κ2) is 7.99. The maximum Gasteiger partial charge on any atom is 0.393 e. The average Bonchev–Trinajstić information content (AvgIpc) is 3.30. The molecule has 164 valence electrons. The SMILES string of the molecule is Cc1cn(-c2ccc3n(c2=O)C[C@@H](C)N(CCc2csc(CC(F)(F)F)c2)C3=O)cn1. The van der Waals surface area contributed by atoms with E-state index in [9.17, 15) is 22.8 Å². The molecular weight excluding hydrogens is 429 g/mol. The van der Waals surface area contributed by atoms with Crippen molar-refractivity contribution < 1.29 is 18.0 Å². The topological polar surface area (TPSA) is 60.1 Å². The van der Waals surface area contributed by atoms with E-state index in [-0.39, 0.29) is 22.4 Å². The van der Waals surface area contributed by atoms with Crippen molar-refractivity contribution in [3.05, 3.63) is 68.3 Å². The summed E-state index contributed by atoms with van der Waals surface area (Å²) in [6, 6.07) is 4.59. The van der Waals surface area contributed by atoms with Gasteiger partial charge in [0.2, 0.25) is 0 Å². The van der Waals surface area contributed by atoms with Crippen LogP contribution in [0.25, 0.3) is 5.69 Å². The van der Waals surface area contributed by atoms with Crippen LogP contribution in [0.3, 0.4) is 0 Å². The van der Waals surface area contributed by atoms with Crippen LogP contribution in [0, 0.1) is 6.92 Å². The lowest BCUT2D eigenvalue weighted by molar-refractivity contribution is -0.126. The third-order valence-electron chi connectivity index (χ3n) is 5.33. The summed E-state index contributed by atoms with van der Waals surface area (Å²) in [7, 11) is 0. The van der Waals surface area contributed by atoms with Gasteiger partial charge >= 0.3 is 6.18 Å². The van der Waals surface area contributed by atoms with E-state index in [0.717, 1.165) is 22.6 Å². The summed E-state index contributed by atoms with van der Waals surface area (Å²) in [5.74, 6) is -0.255. The molecule has 0 N–H and O–H groups in total. The summed E-state index contributed by atoms with van der Waals surface area (Å²) in [6.07, 6.45) is -1.40. The Morgan fingerprint density at radius 1 is 1.26 bits per heavy atom. The number of imidazole rings is 1. The Morgan fingerprint density at radius 2 is 2.03 bits per heavy atom. The van der Waals surface area contributed by atoms with E-state index >= 15 is 0 Å². The number of rotatable bonds is 5. The molecule has 0 aliphatic carbocycles. The Balaban J connectivity index is 1.51. The zero-order valence-corrected chi connectivity index (χ0v) is 17.8. The van der Waals surface area contributed by atoms with Gasteiger partial charge in [-0.25, -0.2) is 4.98 Å². The second-order valence-electron chi connectivity index (χ2n) is 7.75. The minimum absolute atomic E-state index is 0.217. The number of thiophene rings is 1. The highest BCUT2D eigenvalue weighted by molar-refractivity contribution is 7.10. The fraction of sp³-hybridized carbons (Fsp3) is 0.381. The molecular formula is C21H21F3N4O2S. The lowest BCUT2D eigenvalue weighted by Gasteiger charge is -2.35. The molecule has 4 heterocycles. The van der Waals surface area contributed by atoms with Crippen LogP contribution in [0.4, 0.5) is 13.2 Å². The van der Waals surface area contributed by atoms with E-state index in [1.807, 2.05) is 13.8 Å². The van der Waals surface area contributed by atoms with Gasteiger partial charge in [0.1, 0.15) is 11.4 Å². The zero-order valence-electron chi connectivity index (χ0n) is 17.0. The standard InChI is InChI=1S/C21H21F3N4O2S/c1-13-9-26(12-25-13)17-3-4-18-20(30)27(14(2)10-28(18)19(17)29)6-5-15-7-16(31-11-15)8-21(22,23)24/h3-4,7,9,11-12,14H,5-6,8,10H2,1-2H3/t14-/m1/s1. The third kappa shape index (κ3) is 4.43. The third-order valence-corrected chi connectivity index (χ3v) is 6.31. The van der Waals surface area contributed by atoms with E-state index in [0.29, 0.717) is 30.9 Å². The van der Waals surface area contributed by atoms with Crippen LogP contribution in [0.1, 0.15) is 33.5 Å². The van der Waals surface area contributed by atoms with Crippen LogP contribution in [0.15, 0.2) is 40.9 Å². The van der Waals surface area contributed by atoms with Crippen LogP contribution in [-0.4, -0.2) is 43.7 Å². The van der Waals surface area contributed by atoms with E-state index < -0.39 is 12.6 Å². The molecule has 1 atom stereocenters. The number of hydrogen-bond acceptors (Lipinski definition) is 4. The highest BCUT2D eigenvalue weighted by Crippen LogP contribution is 2.26. The molecule has 31 heavy (non-hydrogen) atoms. The van der Waals surface area contributed by atoms with Gasteiger partial charge in [0.05, 0.1) is 18.4 Å². The fourth-order valence-electron chi connectivity index (χ4n) is 3.81. The van der Waals surface area contributed by atoms with Crippen molar-refractivity contribution in [1.82, 2.24) is 19.0 Å². The molecule has 0 bridgehead atoms. The van der Waals surface area contributed by atoms with Crippen molar-refractivity contribution in [2.75, 3.05) is 6.54 Å². The van der Waals surface area contributed by atoms with Crippen molar-refractivity contribution in [2.24, 2.45) is 0 Å². The first-order chi connectivity index (χ1) is 14.6. The smallest absolute Gasteiger partial charge is 0.333 e. The molecule has 0 aromatic carbocycles. The summed E-state index contributed by atoms with van der Waals surface area (Å²) in [6.45, 7) is 4.42. The van der Waals surface area contributed by atoms with E-state index in [1.165, 1.54) is 4.57 Å². The zero-order chi connectivity index (χ0) is 22.3. The predicted octanol–water partition coefficient (Wildman–Crippen LogP) is 3.60.